The molecule has 0 aromatic carbocycles. The molecule has 1 aliphatic rings. The lowest BCUT2D eigenvalue weighted by Crippen LogP contribution is -2.23. The van der Waals surface area contributed by atoms with Crippen LogP contribution in [-0.4, -0.2) is 18.9 Å². The molecule has 1 unspecified atom stereocenters. The summed E-state index contributed by atoms with van der Waals surface area (Å²) in [6, 6.07) is 0. The molecule has 68 valence electrons. The van der Waals surface area contributed by atoms with Crippen molar-refractivity contribution in [1.82, 2.24) is 0 Å². The lowest BCUT2D eigenvalue weighted by molar-refractivity contribution is -0.149. The number of methoxy groups -OCH3 is 1. The van der Waals surface area contributed by atoms with Crippen molar-refractivity contribution < 1.29 is 14.3 Å². The molecule has 1 saturated carbocycles. The van der Waals surface area contributed by atoms with Crippen molar-refractivity contribution in [2.45, 2.75) is 26.2 Å². The Labute approximate surface area is 72.1 Å². The fraction of sp³-hybridized carbons (Fsp3) is 0.778. The predicted octanol–water partition coefficient (Wildman–Crippen LogP) is 1.16. The van der Waals surface area contributed by atoms with Crippen molar-refractivity contribution >= 4 is 11.8 Å². The lowest BCUT2D eigenvalue weighted by Gasteiger charge is -2.09. The first-order valence-corrected chi connectivity index (χ1v) is 4.23. The van der Waals surface area contributed by atoms with Gasteiger partial charge >= 0.3 is 5.97 Å². The average Bonchev–Trinajstić information content (AvgIpc) is 2.81. The lowest BCUT2D eigenvalue weighted by atomic mass is 9.98. The van der Waals surface area contributed by atoms with E-state index < -0.39 is 5.92 Å². The number of rotatable bonds is 4. The number of ether oxygens (including phenoxy) is 1. The van der Waals surface area contributed by atoms with E-state index in [-0.39, 0.29) is 11.8 Å². The number of ketones is 1. The van der Waals surface area contributed by atoms with E-state index in [1.165, 1.54) is 14.0 Å². The third-order valence-electron chi connectivity index (χ3n) is 2.24. The highest BCUT2D eigenvalue weighted by atomic mass is 16.5. The zero-order valence-electron chi connectivity index (χ0n) is 7.50. The van der Waals surface area contributed by atoms with Gasteiger partial charge in [0.25, 0.3) is 0 Å². The predicted molar refractivity (Wildman–Crippen MR) is 43.5 cm³/mol. The SMILES string of the molecule is COC(=O)C(CC1CC1)C(C)=O. The van der Waals surface area contributed by atoms with E-state index in [0.29, 0.717) is 12.3 Å². The summed E-state index contributed by atoms with van der Waals surface area (Å²) >= 11 is 0. The van der Waals surface area contributed by atoms with Gasteiger partial charge in [-0.3, -0.25) is 9.59 Å². The van der Waals surface area contributed by atoms with Crippen LogP contribution >= 0.6 is 0 Å². The van der Waals surface area contributed by atoms with Crippen molar-refractivity contribution in [2.75, 3.05) is 7.11 Å². The Morgan fingerprint density at radius 3 is 2.42 bits per heavy atom. The summed E-state index contributed by atoms with van der Waals surface area (Å²) in [5.41, 5.74) is 0. The molecule has 0 radical (unpaired) electrons. The van der Waals surface area contributed by atoms with Crippen LogP contribution in [0.15, 0.2) is 0 Å². The molecule has 0 aliphatic heterocycles. The van der Waals surface area contributed by atoms with Gasteiger partial charge in [-0.25, -0.2) is 0 Å². The average molecular weight is 170 g/mol. The number of hydrogen-bond acceptors (Lipinski definition) is 3. The Morgan fingerprint density at radius 1 is 1.50 bits per heavy atom. The standard InChI is InChI=1S/C9H14O3/c1-6(10)8(9(11)12-2)5-7-3-4-7/h7-8H,3-5H2,1-2H3. The fourth-order valence-corrected chi connectivity index (χ4v) is 1.26. The third kappa shape index (κ3) is 2.32. The smallest absolute Gasteiger partial charge is 0.316 e. The Morgan fingerprint density at radius 2 is 2.08 bits per heavy atom. The van der Waals surface area contributed by atoms with Gasteiger partial charge < -0.3 is 4.74 Å². The van der Waals surface area contributed by atoms with Gasteiger partial charge in [-0.15, -0.1) is 0 Å². The second-order valence-electron chi connectivity index (χ2n) is 3.37. The summed E-state index contributed by atoms with van der Waals surface area (Å²) in [4.78, 5) is 22.1. The van der Waals surface area contributed by atoms with Crippen LogP contribution < -0.4 is 0 Å². The summed E-state index contributed by atoms with van der Waals surface area (Å²) < 4.78 is 4.54. The van der Waals surface area contributed by atoms with E-state index in [4.69, 9.17) is 0 Å². The minimum atomic E-state index is -0.512. The van der Waals surface area contributed by atoms with Crippen molar-refractivity contribution in [1.29, 1.82) is 0 Å². The Kier molecular flexibility index (Phi) is 2.84. The normalized spacial score (nSPS) is 18.5. The molecule has 0 amide bonds. The zero-order valence-corrected chi connectivity index (χ0v) is 7.50. The molecule has 0 saturated heterocycles. The summed E-state index contributed by atoms with van der Waals surface area (Å²) in [5, 5.41) is 0. The fourth-order valence-electron chi connectivity index (χ4n) is 1.26. The molecular weight excluding hydrogens is 156 g/mol. The van der Waals surface area contributed by atoms with Gasteiger partial charge in [0.05, 0.1) is 7.11 Å². The van der Waals surface area contributed by atoms with Crippen molar-refractivity contribution in [2.24, 2.45) is 11.8 Å². The molecule has 1 rings (SSSR count). The largest absolute Gasteiger partial charge is 0.468 e. The molecule has 1 atom stereocenters. The second kappa shape index (κ2) is 3.70. The van der Waals surface area contributed by atoms with Crippen LogP contribution in [0.4, 0.5) is 0 Å². The molecule has 3 heteroatoms. The van der Waals surface area contributed by atoms with Crippen LogP contribution in [0.1, 0.15) is 26.2 Å². The molecule has 0 N–H and O–H groups in total. The van der Waals surface area contributed by atoms with Crippen LogP contribution in [-0.2, 0) is 14.3 Å². The first-order valence-electron chi connectivity index (χ1n) is 4.23. The van der Waals surface area contributed by atoms with E-state index in [0.717, 1.165) is 12.8 Å². The molecule has 1 fully saturated rings. The Balaban J connectivity index is 2.46. The van der Waals surface area contributed by atoms with E-state index in [2.05, 4.69) is 4.74 Å². The van der Waals surface area contributed by atoms with Crippen LogP contribution in [0.5, 0.6) is 0 Å². The van der Waals surface area contributed by atoms with Gasteiger partial charge in [0.1, 0.15) is 11.7 Å². The number of carbonyl (C=O) groups is 2. The maximum Gasteiger partial charge on any atom is 0.316 e. The van der Waals surface area contributed by atoms with Gasteiger partial charge in [0.2, 0.25) is 0 Å². The minimum Gasteiger partial charge on any atom is -0.468 e. The van der Waals surface area contributed by atoms with Crippen LogP contribution in [0.25, 0.3) is 0 Å². The van der Waals surface area contributed by atoms with Crippen LogP contribution in [0.3, 0.4) is 0 Å². The summed E-state index contributed by atoms with van der Waals surface area (Å²) in [6.45, 7) is 1.45. The highest BCUT2D eigenvalue weighted by molar-refractivity contribution is 5.97. The van der Waals surface area contributed by atoms with Crippen molar-refractivity contribution in [3.05, 3.63) is 0 Å². The number of esters is 1. The van der Waals surface area contributed by atoms with Gasteiger partial charge in [0, 0.05) is 0 Å². The number of carbonyl (C=O) groups excluding carboxylic acids is 2. The van der Waals surface area contributed by atoms with E-state index in [9.17, 15) is 9.59 Å². The Bertz CT molecular complexity index is 194. The highest BCUT2D eigenvalue weighted by Gasteiger charge is 2.32. The molecular formula is C9H14O3. The second-order valence-corrected chi connectivity index (χ2v) is 3.37. The first kappa shape index (κ1) is 9.23. The maximum atomic E-state index is 11.1. The minimum absolute atomic E-state index is 0.0752. The van der Waals surface area contributed by atoms with Crippen molar-refractivity contribution in [3.63, 3.8) is 0 Å². The number of Topliss-reactive ketones (excluding diaryl/α,β-unsaturated/α-hetero) is 1. The van der Waals surface area contributed by atoms with Gasteiger partial charge in [-0.05, 0) is 19.3 Å². The molecule has 0 bridgehead atoms. The van der Waals surface area contributed by atoms with Gasteiger partial charge in [-0.1, -0.05) is 12.8 Å². The number of hydrogen-bond donors (Lipinski definition) is 0. The summed E-state index contributed by atoms with van der Waals surface area (Å²) in [5.74, 6) is -0.386. The maximum absolute atomic E-state index is 11.1. The van der Waals surface area contributed by atoms with Crippen LogP contribution in [0.2, 0.25) is 0 Å². The van der Waals surface area contributed by atoms with Gasteiger partial charge in [-0.2, -0.15) is 0 Å². The molecule has 0 spiro atoms. The molecule has 1 aliphatic carbocycles. The highest BCUT2D eigenvalue weighted by Crippen LogP contribution is 2.35. The van der Waals surface area contributed by atoms with Crippen molar-refractivity contribution in [3.8, 4) is 0 Å². The Hall–Kier alpha value is -0.860. The molecule has 0 heterocycles. The van der Waals surface area contributed by atoms with E-state index >= 15 is 0 Å². The van der Waals surface area contributed by atoms with E-state index in [1.807, 2.05) is 0 Å². The topological polar surface area (TPSA) is 43.4 Å². The van der Waals surface area contributed by atoms with Gasteiger partial charge in [0.15, 0.2) is 0 Å². The molecule has 3 nitrogen and oxygen atoms in total. The molecule has 0 aromatic rings. The van der Waals surface area contributed by atoms with E-state index in [1.54, 1.807) is 0 Å². The molecule has 0 aromatic heterocycles. The molecule has 12 heavy (non-hydrogen) atoms. The van der Waals surface area contributed by atoms with Crippen LogP contribution in [0, 0.1) is 11.8 Å². The zero-order chi connectivity index (χ0) is 9.14. The third-order valence-corrected chi connectivity index (χ3v) is 2.24. The quantitative estimate of drug-likeness (QED) is 0.469. The summed E-state index contributed by atoms with van der Waals surface area (Å²) in [6.07, 6.45) is 2.99. The summed E-state index contributed by atoms with van der Waals surface area (Å²) in [7, 11) is 1.32. The first-order chi connectivity index (χ1) is 5.65. The monoisotopic (exact) mass is 170 g/mol.